The lowest BCUT2D eigenvalue weighted by molar-refractivity contribution is -0.138. The number of nitriles is 1. The Balaban J connectivity index is 1.35. The second kappa shape index (κ2) is 12.3. The van der Waals surface area contributed by atoms with Crippen LogP contribution in [0.15, 0.2) is 79.0 Å². The number of nitrogens with one attached hydrogen (secondary N) is 1. The smallest absolute Gasteiger partial charge is 0.310 e. The third kappa shape index (κ3) is 6.44. The monoisotopic (exact) mass is 549 g/mol. The lowest BCUT2D eigenvalue weighted by Gasteiger charge is -2.34. The van der Waals surface area contributed by atoms with Crippen LogP contribution in [0.25, 0.3) is 10.9 Å². The number of hydrogen-bond donors (Lipinski definition) is 2. The first-order chi connectivity index (χ1) is 19.8. The first-order valence-electron chi connectivity index (χ1n) is 14.0. The minimum Gasteiger partial charge on any atom is -0.481 e. The van der Waals surface area contributed by atoms with Gasteiger partial charge in [0.15, 0.2) is 0 Å². The van der Waals surface area contributed by atoms with Crippen molar-refractivity contribution in [2.45, 2.75) is 50.9 Å². The van der Waals surface area contributed by atoms with Crippen LogP contribution in [0.5, 0.6) is 0 Å². The van der Waals surface area contributed by atoms with Gasteiger partial charge in [-0.2, -0.15) is 5.26 Å². The first kappa shape index (κ1) is 28.0. The zero-order valence-electron chi connectivity index (χ0n) is 22.9. The van der Waals surface area contributed by atoms with Gasteiger partial charge in [0.1, 0.15) is 5.82 Å². The number of rotatable bonds is 8. The number of anilines is 1. The molecule has 1 unspecified atom stereocenters. The summed E-state index contributed by atoms with van der Waals surface area (Å²) in [6.07, 6.45) is 5.78. The second-order valence-electron chi connectivity index (χ2n) is 11.0. The van der Waals surface area contributed by atoms with Crippen molar-refractivity contribution in [3.63, 3.8) is 0 Å². The van der Waals surface area contributed by atoms with E-state index in [1.165, 1.54) is 6.07 Å². The average molecular weight is 550 g/mol. The van der Waals surface area contributed by atoms with E-state index in [1.807, 2.05) is 30.3 Å². The molecule has 0 bridgehead atoms. The number of fused-ring (bicyclic) bond motifs is 1. The fourth-order valence-electron chi connectivity index (χ4n) is 6.00. The molecule has 6 nitrogen and oxygen atoms in total. The van der Waals surface area contributed by atoms with Gasteiger partial charge in [-0.3, -0.25) is 14.6 Å². The first-order valence-corrected chi connectivity index (χ1v) is 14.0. The van der Waals surface area contributed by atoms with Gasteiger partial charge < -0.3 is 10.4 Å². The van der Waals surface area contributed by atoms with Gasteiger partial charge in [0.05, 0.1) is 23.1 Å². The summed E-state index contributed by atoms with van der Waals surface area (Å²) in [4.78, 5) is 29.5. The minimum atomic E-state index is -0.876. The standard InChI is InChI=1S/C34H32FN3O3/c1-21(34(40)41)24-6-2-22(3-7-24)18-30(33(39)38-28-13-4-23(20-36)5-14-28)26-10-8-25(9-11-26)29-16-17-37-32-15-12-27(35)19-31(29)32/h2-7,12-17,19,21,25-26,30H,8-11,18H2,1H3,(H,38,39)(H,40,41)/t21?,25?,26?,30-/m1/s1. The Morgan fingerprint density at radius 1 is 1.02 bits per heavy atom. The summed E-state index contributed by atoms with van der Waals surface area (Å²) in [5.74, 6) is -1.71. The quantitative estimate of drug-likeness (QED) is 0.242. The van der Waals surface area contributed by atoms with Crippen LogP contribution in [-0.2, 0) is 16.0 Å². The number of pyridine rings is 1. The van der Waals surface area contributed by atoms with Crippen molar-refractivity contribution in [2.24, 2.45) is 11.8 Å². The van der Waals surface area contributed by atoms with Gasteiger partial charge in [-0.1, -0.05) is 24.3 Å². The summed E-state index contributed by atoms with van der Waals surface area (Å²) in [5.41, 5.74) is 4.76. The summed E-state index contributed by atoms with van der Waals surface area (Å²) in [6.45, 7) is 1.66. The van der Waals surface area contributed by atoms with E-state index in [0.717, 1.165) is 53.3 Å². The maximum atomic E-state index is 14.1. The fraction of sp³-hybridized carbons (Fsp3) is 0.294. The highest BCUT2D eigenvalue weighted by Crippen LogP contribution is 2.42. The number of hydrogen-bond acceptors (Lipinski definition) is 4. The molecule has 0 aliphatic heterocycles. The van der Waals surface area contributed by atoms with Crippen molar-refractivity contribution in [3.05, 3.63) is 107 Å². The molecule has 2 atom stereocenters. The minimum absolute atomic E-state index is 0.0717. The van der Waals surface area contributed by atoms with E-state index in [4.69, 9.17) is 5.26 Å². The van der Waals surface area contributed by atoms with Gasteiger partial charge in [-0.25, -0.2) is 4.39 Å². The zero-order chi connectivity index (χ0) is 28.9. The number of carboxylic acids is 1. The number of halogens is 1. The van der Waals surface area contributed by atoms with Crippen LogP contribution in [0.3, 0.4) is 0 Å². The third-order valence-electron chi connectivity index (χ3n) is 8.44. The van der Waals surface area contributed by atoms with E-state index in [-0.39, 0.29) is 29.5 Å². The number of nitrogens with zero attached hydrogens (tertiary/aromatic N) is 2. The van der Waals surface area contributed by atoms with Gasteiger partial charge in [0.2, 0.25) is 5.91 Å². The molecule has 5 rings (SSSR count). The number of carboxylic acid groups (broad SMARTS) is 1. The Morgan fingerprint density at radius 3 is 2.39 bits per heavy atom. The molecule has 1 amide bonds. The normalized spacial score (nSPS) is 18.3. The van der Waals surface area contributed by atoms with Gasteiger partial charge in [-0.05, 0) is 116 Å². The molecule has 0 saturated heterocycles. The number of aliphatic carboxylic acids is 1. The highest BCUT2D eigenvalue weighted by atomic mass is 19.1. The second-order valence-corrected chi connectivity index (χ2v) is 11.0. The number of carbonyl (C=O) groups is 2. The van der Waals surface area contributed by atoms with Crippen LogP contribution in [0.4, 0.5) is 10.1 Å². The van der Waals surface area contributed by atoms with Crippen LogP contribution < -0.4 is 5.32 Å². The topological polar surface area (TPSA) is 103 Å². The van der Waals surface area contributed by atoms with Crippen molar-refractivity contribution in [1.29, 1.82) is 5.26 Å². The highest BCUT2D eigenvalue weighted by Gasteiger charge is 2.33. The molecule has 7 heteroatoms. The lowest BCUT2D eigenvalue weighted by Crippen LogP contribution is -2.33. The van der Waals surface area contributed by atoms with E-state index in [1.54, 1.807) is 49.5 Å². The zero-order valence-corrected chi connectivity index (χ0v) is 22.9. The molecule has 1 aliphatic carbocycles. The van der Waals surface area contributed by atoms with Crippen LogP contribution in [0.1, 0.15) is 66.7 Å². The maximum absolute atomic E-state index is 14.1. The van der Waals surface area contributed by atoms with Crippen LogP contribution >= 0.6 is 0 Å². The molecule has 0 spiro atoms. The van der Waals surface area contributed by atoms with Gasteiger partial charge in [-0.15, -0.1) is 0 Å². The Morgan fingerprint density at radius 2 is 1.73 bits per heavy atom. The SMILES string of the molecule is CC(C(=O)O)c1ccc(C[C@@H](C(=O)Nc2ccc(C#N)cc2)C2CCC(c3ccnc4ccc(F)cc34)CC2)cc1. The molecule has 41 heavy (non-hydrogen) atoms. The largest absolute Gasteiger partial charge is 0.481 e. The number of amides is 1. The molecule has 0 radical (unpaired) electrons. The Bertz CT molecular complexity index is 1590. The van der Waals surface area contributed by atoms with Crippen LogP contribution in [-0.4, -0.2) is 22.0 Å². The molecule has 1 aromatic heterocycles. The number of aromatic nitrogens is 1. The predicted octanol–water partition coefficient (Wildman–Crippen LogP) is 7.21. The molecule has 1 fully saturated rings. The predicted molar refractivity (Wildman–Crippen MR) is 156 cm³/mol. The Kier molecular flexibility index (Phi) is 8.39. The van der Waals surface area contributed by atoms with E-state index in [2.05, 4.69) is 16.4 Å². The van der Waals surface area contributed by atoms with Gasteiger partial charge in [0, 0.05) is 23.2 Å². The summed E-state index contributed by atoms with van der Waals surface area (Å²) >= 11 is 0. The molecule has 1 heterocycles. The Labute approximate surface area is 238 Å². The average Bonchev–Trinajstić information content (AvgIpc) is 3.00. The molecule has 3 aromatic carbocycles. The highest BCUT2D eigenvalue weighted by molar-refractivity contribution is 5.93. The molecule has 2 N–H and O–H groups in total. The van der Waals surface area contributed by atoms with Gasteiger partial charge in [0.25, 0.3) is 0 Å². The van der Waals surface area contributed by atoms with E-state index < -0.39 is 11.9 Å². The van der Waals surface area contributed by atoms with Crippen molar-refractivity contribution in [1.82, 2.24) is 4.98 Å². The fourth-order valence-corrected chi connectivity index (χ4v) is 6.00. The molecule has 4 aromatic rings. The summed E-state index contributed by atoms with van der Waals surface area (Å²) in [7, 11) is 0. The van der Waals surface area contributed by atoms with Crippen molar-refractivity contribution >= 4 is 28.5 Å². The van der Waals surface area contributed by atoms with E-state index >= 15 is 0 Å². The van der Waals surface area contributed by atoms with Crippen molar-refractivity contribution in [2.75, 3.05) is 5.32 Å². The van der Waals surface area contributed by atoms with E-state index in [0.29, 0.717) is 17.7 Å². The van der Waals surface area contributed by atoms with Crippen LogP contribution in [0.2, 0.25) is 0 Å². The molecule has 1 saturated carbocycles. The number of benzene rings is 3. The van der Waals surface area contributed by atoms with Crippen molar-refractivity contribution < 1.29 is 19.1 Å². The summed E-state index contributed by atoms with van der Waals surface area (Å²) < 4.78 is 14.1. The Hall–Kier alpha value is -4.57. The molecule has 208 valence electrons. The van der Waals surface area contributed by atoms with Crippen molar-refractivity contribution in [3.8, 4) is 6.07 Å². The lowest BCUT2D eigenvalue weighted by atomic mass is 9.71. The summed E-state index contributed by atoms with van der Waals surface area (Å²) in [5, 5.41) is 22.4. The molecular weight excluding hydrogens is 517 g/mol. The third-order valence-corrected chi connectivity index (χ3v) is 8.44. The van der Waals surface area contributed by atoms with E-state index in [9.17, 15) is 19.1 Å². The van der Waals surface area contributed by atoms with Gasteiger partial charge >= 0.3 is 5.97 Å². The number of carbonyl (C=O) groups excluding carboxylic acids is 1. The molecular formula is C34H32FN3O3. The van der Waals surface area contributed by atoms with Crippen LogP contribution in [0, 0.1) is 29.0 Å². The maximum Gasteiger partial charge on any atom is 0.310 e. The molecule has 1 aliphatic rings. The summed E-state index contributed by atoms with van der Waals surface area (Å²) in [6, 6.07) is 23.1.